The molecule has 3 rings (SSSR count). The summed E-state index contributed by atoms with van der Waals surface area (Å²) in [6.45, 7) is 2.01. The minimum Gasteiger partial charge on any atom is -0.375 e. The molecule has 1 amide bonds. The fraction of sp³-hybridized carbons (Fsp3) is 0.235. The molecule has 3 aromatic rings. The van der Waals surface area contributed by atoms with E-state index in [2.05, 4.69) is 15.5 Å². The number of nitrogens with one attached hydrogen (secondary N) is 1. The van der Waals surface area contributed by atoms with Crippen LogP contribution < -0.4 is 10.2 Å². The molecule has 0 aliphatic heterocycles. The molecule has 1 N–H and O–H groups in total. The molecule has 2 aromatic heterocycles. The fourth-order valence-electron chi connectivity index (χ4n) is 2.38. The Morgan fingerprint density at radius 1 is 1.33 bits per heavy atom. The summed E-state index contributed by atoms with van der Waals surface area (Å²) in [7, 11) is 3.55. The number of hydrogen-bond donors (Lipinski definition) is 1. The molecular formula is C17H17FN4O2. The molecule has 6 nitrogen and oxygen atoms in total. The van der Waals surface area contributed by atoms with E-state index in [1.165, 1.54) is 12.3 Å². The highest BCUT2D eigenvalue weighted by Gasteiger charge is 2.12. The number of halogens is 1. The van der Waals surface area contributed by atoms with Crippen molar-refractivity contribution in [3.63, 3.8) is 0 Å². The number of fused-ring (bicyclic) bond motifs is 1. The molecule has 7 heteroatoms. The Kier molecular flexibility index (Phi) is 4.16. The highest BCUT2D eigenvalue weighted by atomic mass is 19.1. The lowest BCUT2D eigenvalue weighted by atomic mass is 10.1. The summed E-state index contributed by atoms with van der Waals surface area (Å²) in [5, 5.41) is 7.26. The zero-order valence-electron chi connectivity index (χ0n) is 13.6. The third-order valence-corrected chi connectivity index (χ3v) is 3.72. The number of amides is 1. The van der Waals surface area contributed by atoms with Gasteiger partial charge in [0.1, 0.15) is 5.82 Å². The van der Waals surface area contributed by atoms with Gasteiger partial charge in [0.15, 0.2) is 0 Å². The maximum Gasteiger partial charge on any atom is 0.257 e. The van der Waals surface area contributed by atoms with Crippen LogP contribution in [0, 0.1) is 12.7 Å². The number of anilines is 1. The molecule has 0 unspecified atom stereocenters. The summed E-state index contributed by atoms with van der Waals surface area (Å²) in [6, 6.07) is 6.57. The third-order valence-electron chi connectivity index (χ3n) is 3.72. The van der Waals surface area contributed by atoms with E-state index in [-0.39, 0.29) is 18.3 Å². The van der Waals surface area contributed by atoms with E-state index in [1.54, 1.807) is 44.1 Å². The lowest BCUT2D eigenvalue weighted by molar-refractivity contribution is 0.0950. The van der Waals surface area contributed by atoms with Gasteiger partial charge in [-0.05, 0) is 30.7 Å². The standard InChI is InChI=1S/C17H17FN4O2/c1-10-13-7-12(9-20-17(13)24-21-10)16(23)19-8-11-4-5-15(22(2)3)14(18)6-11/h4-7,9H,8H2,1-3H3,(H,19,23). The zero-order valence-corrected chi connectivity index (χ0v) is 13.6. The van der Waals surface area contributed by atoms with Crippen LogP contribution in [0.4, 0.5) is 10.1 Å². The van der Waals surface area contributed by atoms with E-state index < -0.39 is 0 Å². The summed E-state index contributed by atoms with van der Waals surface area (Å²) >= 11 is 0. The molecule has 0 aliphatic carbocycles. The maximum atomic E-state index is 13.9. The summed E-state index contributed by atoms with van der Waals surface area (Å²) in [5.74, 6) is -0.614. The zero-order chi connectivity index (χ0) is 17.3. The van der Waals surface area contributed by atoms with Crippen LogP contribution in [0.25, 0.3) is 11.1 Å². The van der Waals surface area contributed by atoms with Crippen LogP contribution in [0.2, 0.25) is 0 Å². The van der Waals surface area contributed by atoms with E-state index in [1.807, 2.05) is 0 Å². The smallest absolute Gasteiger partial charge is 0.257 e. The topological polar surface area (TPSA) is 71.3 Å². The Morgan fingerprint density at radius 2 is 2.12 bits per heavy atom. The van der Waals surface area contributed by atoms with Crippen molar-refractivity contribution in [3.8, 4) is 0 Å². The number of rotatable bonds is 4. The molecule has 0 aliphatic rings. The average Bonchev–Trinajstić information content (AvgIpc) is 2.93. The lowest BCUT2D eigenvalue weighted by Gasteiger charge is -2.14. The van der Waals surface area contributed by atoms with Crippen molar-refractivity contribution < 1.29 is 13.7 Å². The van der Waals surface area contributed by atoms with Gasteiger partial charge in [0.05, 0.1) is 22.3 Å². The molecule has 0 bridgehead atoms. The van der Waals surface area contributed by atoms with Gasteiger partial charge in [0.2, 0.25) is 0 Å². The van der Waals surface area contributed by atoms with Gasteiger partial charge < -0.3 is 14.7 Å². The van der Waals surface area contributed by atoms with Gasteiger partial charge in [-0.3, -0.25) is 4.79 Å². The first-order valence-electron chi connectivity index (χ1n) is 7.41. The van der Waals surface area contributed by atoms with E-state index in [0.29, 0.717) is 33.6 Å². The third kappa shape index (κ3) is 3.05. The van der Waals surface area contributed by atoms with Crippen molar-refractivity contribution in [3.05, 3.63) is 53.1 Å². The Labute approximate surface area is 138 Å². The van der Waals surface area contributed by atoms with Gasteiger partial charge in [-0.2, -0.15) is 0 Å². The fourth-order valence-corrected chi connectivity index (χ4v) is 2.38. The monoisotopic (exact) mass is 328 g/mol. The van der Waals surface area contributed by atoms with Crippen molar-refractivity contribution in [1.29, 1.82) is 0 Å². The Balaban J connectivity index is 1.72. The van der Waals surface area contributed by atoms with E-state index in [9.17, 15) is 9.18 Å². The second-order valence-corrected chi connectivity index (χ2v) is 5.71. The largest absolute Gasteiger partial charge is 0.375 e. The van der Waals surface area contributed by atoms with Crippen LogP contribution in [0.5, 0.6) is 0 Å². The number of aromatic nitrogens is 2. The van der Waals surface area contributed by atoms with E-state index in [0.717, 1.165) is 0 Å². The summed E-state index contributed by atoms with van der Waals surface area (Å²) < 4.78 is 19.0. The minimum absolute atomic E-state index is 0.226. The second kappa shape index (κ2) is 6.27. The molecule has 0 spiro atoms. The number of hydrogen-bond acceptors (Lipinski definition) is 5. The molecule has 0 saturated heterocycles. The quantitative estimate of drug-likeness (QED) is 0.797. The first kappa shape index (κ1) is 15.9. The van der Waals surface area contributed by atoms with Gasteiger partial charge in [-0.1, -0.05) is 11.2 Å². The highest BCUT2D eigenvalue weighted by Crippen LogP contribution is 2.19. The van der Waals surface area contributed by atoms with Crippen LogP contribution >= 0.6 is 0 Å². The highest BCUT2D eigenvalue weighted by molar-refractivity contribution is 5.96. The number of pyridine rings is 1. The number of carbonyl (C=O) groups excluding carboxylic acids is 1. The van der Waals surface area contributed by atoms with Crippen LogP contribution in [-0.2, 0) is 6.54 Å². The number of nitrogens with zero attached hydrogens (tertiary/aromatic N) is 3. The normalized spacial score (nSPS) is 10.8. The van der Waals surface area contributed by atoms with E-state index in [4.69, 9.17) is 4.52 Å². The summed E-state index contributed by atoms with van der Waals surface area (Å²) in [4.78, 5) is 18.0. The van der Waals surface area contributed by atoms with Crippen LogP contribution in [0.3, 0.4) is 0 Å². The van der Waals surface area contributed by atoms with Crippen molar-refractivity contribution in [2.45, 2.75) is 13.5 Å². The number of aryl methyl sites for hydroxylation is 1. The Morgan fingerprint density at radius 3 is 2.83 bits per heavy atom. The molecular weight excluding hydrogens is 311 g/mol. The van der Waals surface area contributed by atoms with E-state index >= 15 is 0 Å². The van der Waals surface area contributed by atoms with Crippen LogP contribution in [-0.4, -0.2) is 30.1 Å². The molecule has 24 heavy (non-hydrogen) atoms. The minimum atomic E-state index is -0.324. The van der Waals surface area contributed by atoms with Crippen LogP contribution in [0.1, 0.15) is 21.6 Å². The van der Waals surface area contributed by atoms with Crippen molar-refractivity contribution in [2.75, 3.05) is 19.0 Å². The summed E-state index contributed by atoms with van der Waals surface area (Å²) in [5.41, 5.74) is 2.65. The molecule has 0 radical (unpaired) electrons. The molecule has 2 heterocycles. The van der Waals surface area contributed by atoms with Gasteiger partial charge in [-0.25, -0.2) is 9.37 Å². The first-order chi connectivity index (χ1) is 11.5. The maximum absolute atomic E-state index is 13.9. The van der Waals surface area contributed by atoms with Gasteiger partial charge in [0, 0.05) is 26.8 Å². The van der Waals surface area contributed by atoms with Crippen molar-refractivity contribution >= 4 is 22.7 Å². The Bertz CT molecular complexity index is 905. The van der Waals surface area contributed by atoms with Crippen molar-refractivity contribution in [2.24, 2.45) is 0 Å². The SMILES string of the molecule is Cc1noc2ncc(C(=O)NCc3ccc(N(C)C)c(F)c3)cc12. The average molecular weight is 328 g/mol. The van der Waals surface area contributed by atoms with Gasteiger partial charge in [0.25, 0.3) is 11.6 Å². The number of carbonyl (C=O) groups is 1. The van der Waals surface area contributed by atoms with Crippen molar-refractivity contribution in [1.82, 2.24) is 15.5 Å². The number of benzene rings is 1. The molecule has 0 atom stereocenters. The predicted molar refractivity (Wildman–Crippen MR) is 88.4 cm³/mol. The van der Waals surface area contributed by atoms with Gasteiger partial charge >= 0.3 is 0 Å². The molecule has 124 valence electrons. The lowest BCUT2D eigenvalue weighted by Crippen LogP contribution is -2.23. The molecule has 0 saturated carbocycles. The summed E-state index contributed by atoms with van der Waals surface area (Å²) in [6.07, 6.45) is 1.43. The first-order valence-corrected chi connectivity index (χ1v) is 7.41. The van der Waals surface area contributed by atoms with Gasteiger partial charge in [-0.15, -0.1) is 0 Å². The molecule has 0 fully saturated rings. The predicted octanol–water partition coefficient (Wildman–Crippen LogP) is 2.67. The van der Waals surface area contributed by atoms with Crippen LogP contribution in [0.15, 0.2) is 35.0 Å². The second-order valence-electron chi connectivity index (χ2n) is 5.71. The Hall–Kier alpha value is -2.96. The molecule has 1 aromatic carbocycles.